The SMILES string of the molecule is CCCCCCCCCCCCCCOC[C@H](O)CO[C@]1(C(=O)O)O[C@@H]([C@H](O)[C@H](O)CO)[C@H](NC(C)=O)[C@@H](O)[C@@H]1O. The van der Waals surface area contributed by atoms with Gasteiger partial charge in [0.25, 0.3) is 5.79 Å². The normalized spacial score (nSPS) is 26.8. The van der Waals surface area contributed by atoms with Crippen molar-refractivity contribution in [2.75, 3.05) is 26.4 Å². The Bertz CT molecular complexity index is 728. The maximum absolute atomic E-state index is 12.2. The first-order valence-corrected chi connectivity index (χ1v) is 14.9. The average molecular weight is 596 g/mol. The van der Waals surface area contributed by atoms with Crippen molar-refractivity contribution in [3.8, 4) is 0 Å². The quantitative estimate of drug-likeness (QED) is 0.0744. The summed E-state index contributed by atoms with van der Waals surface area (Å²) < 4.78 is 16.1. The largest absolute Gasteiger partial charge is 0.477 e. The van der Waals surface area contributed by atoms with Crippen molar-refractivity contribution in [3.05, 3.63) is 0 Å². The maximum atomic E-state index is 12.2. The molecule has 0 radical (unpaired) electrons. The van der Waals surface area contributed by atoms with E-state index >= 15 is 0 Å². The summed E-state index contributed by atoms with van der Waals surface area (Å²) in [6.07, 6.45) is 3.17. The number of carboxylic acids is 1. The van der Waals surface area contributed by atoms with Crippen molar-refractivity contribution in [1.29, 1.82) is 0 Å². The second-order valence-electron chi connectivity index (χ2n) is 10.9. The molecule has 0 bridgehead atoms. The van der Waals surface area contributed by atoms with Gasteiger partial charge in [-0.05, 0) is 6.42 Å². The van der Waals surface area contributed by atoms with Crippen LogP contribution in [0.5, 0.6) is 0 Å². The van der Waals surface area contributed by atoms with E-state index in [1.807, 2.05) is 0 Å². The summed E-state index contributed by atoms with van der Waals surface area (Å²) in [5.41, 5.74) is 0. The monoisotopic (exact) mass is 595 g/mol. The molecule has 242 valence electrons. The van der Waals surface area contributed by atoms with Gasteiger partial charge < -0.3 is 55.3 Å². The number of rotatable bonds is 23. The van der Waals surface area contributed by atoms with E-state index in [0.717, 1.165) is 26.2 Å². The molecule has 13 nitrogen and oxygen atoms in total. The molecule has 8 atom stereocenters. The molecule has 0 aliphatic carbocycles. The van der Waals surface area contributed by atoms with Crippen LogP contribution in [0.3, 0.4) is 0 Å². The molecule has 1 rings (SSSR count). The van der Waals surface area contributed by atoms with Crippen LogP contribution in [0, 0.1) is 0 Å². The number of carboxylic acid groups (broad SMARTS) is 1. The Kier molecular flexibility index (Phi) is 18.8. The fourth-order valence-corrected chi connectivity index (χ4v) is 4.86. The van der Waals surface area contributed by atoms with Crippen molar-refractivity contribution >= 4 is 11.9 Å². The lowest BCUT2D eigenvalue weighted by atomic mass is 9.86. The third kappa shape index (κ3) is 12.8. The van der Waals surface area contributed by atoms with E-state index in [4.69, 9.17) is 14.2 Å². The van der Waals surface area contributed by atoms with Crippen molar-refractivity contribution in [2.45, 2.75) is 139 Å². The van der Waals surface area contributed by atoms with Gasteiger partial charge in [-0.3, -0.25) is 4.79 Å². The summed E-state index contributed by atoms with van der Waals surface area (Å²) in [5.74, 6) is -5.55. The molecule has 41 heavy (non-hydrogen) atoms. The molecule has 8 N–H and O–H groups in total. The first-order chi connectivity index (χ1) is 19.5. The average Bonchev–Trinajstić information content (AvgIpc) is 2.94. The van der Waals surface area contributed by atoms with Crippen LogP contribution in [0.25, 0.3) is 0 Å². The summed E-state index contributed by atoms with van der Waals surface area (Å²) in [5, 5.41) is 73.1. The summed E-state index contributed by atoms with van der Waals surface area (Å²) in [7, 11) is 0. The molecule has 0 aromatic rings. The van der Waals surface area contributed by atoms with Crippen LogP contribution in [-0.4, -0.2) is 123 Å². The summed E-state index contributed by atoms with van der Waals surface area (Å²) in [6, 6.07) is -1.56. The van der Waals surface area contributed by atoms with E-state index in [1.54, 1.807) is 0 Å². The molecule has 13 heteroatoms. The van der Waals surface area contributed by atoms with Gasteiger partial charge in [0.15, 0.2) is 0 Å². The van der Waals surface area contributed by atoms with Crippen LogP contribution in [0.15, 0.2) is 0 Å². The Morgan fingerprint density at radius 3 is 1.93 bits per heavy atom. The minimum atomic E-state index is -2.97. The second-order valence-corrected chi connectivity index (χ2v) is 10.9. The first-order valence-electron chi connectivity index (χ1n) is 14.9. The molecule has 1 fully saturated rings. The number of carbonyl (C=O) groups excluding carboxylic acids is 1. The van der Waals surface area contributed by atoms with E-state index in [9.17, 15) is 45.3 Å². The zero-order valence-electron chi connectivity index (χ0n) is 24.5. The molecule has 1 heterocycles. The number of aliphatic hydroxyl groups is 6. The highest BCUT2D eigenvalue weighted by molar-refractivity contribution is 5.77. The van der Waals surface area contributed by atoms with Gasteiger partial charge in [0.2, 0.25) is 5.91 Å². The molecular weight excluding hydrogens is 542 g/mol. The number of aliphatic hydroxyl groups excluding tert-OH is 6. The number of hydrogen-bond acceptors (Lipinski definition) is 11. The number of hydrogen-bond donors (Lipinski definition) is 8. The van der Waals surface area contributed by atoms with E-state index in [1.165, 1.54) is 57.8 Å². The Hall–Kier alpha value is -1.42. The van der Waals surface area contributed by atoms with Crippen LogP contribution in [0.4, 0.5) is 0 Å². The van der Waals surface area contributed by atoms with Crippen molar-refractivity contribution in [1.82, 2.24) is 5.32 Å². The fourth-order valence-electron chi connectivity index (χ4n) is 4.86. The number of unbranched alkanes of at least 4 members (excludes halogenated alkanes) is 11. The molecule has 0 aromatic heterocycles. The van der Waals surface area contributed by atoms with Gasteiger partial charge in [0.05, 0.1) is 25.9 Å². The third-order valence-electron chi connectivity index (χ3n) is 7.27. The zero-order chi connectivity index (χ0) is 30.8. The van der Waals surface area contributed by atoms with Gasteiger partial charge >= 0.3 is 5.97 Å². The van der Waals surface area contributed by atoms with Crippen LogP contribution in [-0.2, 0) is 23.8 Å². The number of carbonyl (C=O) groups is 2. The number of nitrogens with one attached hydrogen (secondary N) is 1. The fraction of sp³-hybridized carbons (Fsp3) is 0.929. The van der Waals surface area contributed by atoms with E-state index in [2.05, 4.69) is 12.2 Å². The molecule has 1 aliphatic rings. The standard InChI is InChI=1S/C28H53NO12/c1-3-4-5-6-7-8-9-10-11-12-13-14-15-39-17-20(32)18-40-28(27(37)38)26(36)24(35)22(29-19(2)31)25(41-28)23(34)21(33)16-30/h20-26,30,32-36H,3-18H2,1-2H3,(H,29,31)(H,37,38)/t20-,21+,22+,23+,24+,25+,26-,28-/m0/s1. The topological polar surface area (TPSA) is 215 Å². The number of aliphatic carboxylic acids is 1. The Labute approximate surface area is 242 Å². The highest BCUT2D eigenvalue weighted by atomic mass is 16.7. The predicted octanol–water partition coefficient (Wildman–Crippen LogP) is 0.202. The Balaban J connectivity index is 2.49. The smallest absolute Gasteiger partial charge is 0.367 e. The molecule has 0 spiro atoms. The van der Waals surface area contributed by atoms with Crippen molar-refractivity contribution in [2.24, 2.45) is 0 Å². The summed E-state index contributed by atoms with van der Waals surface area (Å²) in [6.45, 7) is 1.88. The van der Waals surface area contributed by atoms with E-state index < -0.39 is 73.5 Å². The predicted molar refractivity (Wildman–Crippen MR) is 148 cm³/mol. The summed E-state index contributed by atoms with van der Waals surface area (Å²) in [4.78, 5) is 23.8. The number of amides is 1. The van der Waals surface area contributed by atoms with Crippen LogP contribution in [0.2, 0.25) is 0 Å². The Morgan fingerprint density at radius 1 is 0.902 bits per heavy atom. The molecule has 0 saturated carbocycles. The van der Waals surface area contributed by atoms with Crippen LogP contribution in [0.1, 0.15) is 90.9 Å². The lowest BCUT2D eigenvalue weighted by molar-refractivity contribution is -0.350. The Morgan fingerprint density at radius 2 is 1.44 bits per heavy atom. The zero-order valence-corrected chi connectivity index (χ0v) is 24.5. The van der Waals surface area contributed by atoms with Gasteiger partial charge in [-0.25, -0.2) is 4.79 Å². The highest BCUT2D eigenvalue weighted by Crippen LogP contribution is 2.34. The molecular formula is C28H53NO12. The molecule has 0 unspecified atom stereocenters. The molecule has 1 saturated heterocycles. The third-order valence-corrected chi connectivity index (χ3v) is 7.27. The number of ether oxygens (including phenoxy) is 3. The highest BCUT2D eigenvalue weighted by Gasteiger charge is 2.62. The van der Waals surface area contributed by atoms with Gasteiger partial charge in [-0.15, -0.1) is 0 Å². The van der Waals surface area contributed by atoms with Crippen molar-refractivity contribution in [3.63, 3.8) is 0 Å². The molecule has 1 amide bonds. The van der Waals surface area contributed by atoms with Gasteiger partial charge in [0, 0.05) is 13.5 Å². The van der Waals surface area contributed by atoms with E-state index in [-0.39, 0.29) is 6.61 Å². The minimum absolute atomic E-state index is 0.184. The van der Waals surface area contributed by atoms with Crippen molar-refractivity contribution < 1.29 is 59.5 Å². The van der Waals surface area contributed by atoms with E-state index in [0.29, 0.717) is 6.61 Å². The van der Waals surface area contributed by atoms with Gasteiger partial charge in [-0.2, -0.15) is 0 Å². The maximum Gasteiger partial charge on any atom is 0.367 e. The van der Waals surface area contributed by atoms with Crippen LogP contribution >= 0.6 is 0 Å². The summed E-state index contributed by atoms with van der Waals surface area (Å²) >= 11 is 0. The van der Waals surface area contributed by atoms with Crippen LogP contribution < -0.4 is 5.32 Å². The van der Waals surface area contributed by atoms with Gasteiger partial charge in [-0.1, -0.05) is 77.6 Å². The lowest BCUT2D eigenvalue weighted by Gasteiger charge is -2.49. The van der Waals surface area contributed by atoms with Gasteiger partial charge in [0.1, 0.15) is 36.6 Å². The lowest BCUT2D eigenvalue weighted by Crippen LogP contribution is -2.74. The molecule has 0 aromatic carbocycles. The second kappa shape index (κ2) is 20.5. The molecule has 1 aliphatic heterocycles. The minimum Gasteiger partial charge on any atom is -0.477 e. The first kappa shape index (κ1) is 37.6.